The van der Waals surface area contributed by atoms with Gasteiger partial charge < -0.3 is 7.43 Å². The quantitative estimate of drug-likeness (QED) is 0.0782. The van der Waals surface area contributed by atoms with E-state index in [4.69, 9.17) is 0 Å². The van der Waals surface area contributed by atoms with Crippen molar-refractivity contribution in [2.24, 2.45) is 0 Å². The van der Waals surface area contributed by atoms with Crippen LogP contribution in [0.1, 0.15) is 83.1 Å². The minimum absolute atomic E-state index is 0. The molecule has 0 aliphatic heterocycles. The van der Waals surface area contributed by atoms with Crippen molar-refractivity contribution in [3.63, 3.8) is 0 Å². The van der Waals surface area contributed by atoms with Crippen LogP contribution in [-0.2, 0) is 17.1 Å². The van der Waals surface area contributed by atoms with Gasteiger partial charge in [0.05, 0.1) is 0 Å². The smallest absolute Gasteiger partial charge is 0.358 e. The van der Waals surface area contributed by atoms with Gasteiger partial charge in [0.25, 0.3) is 0 Å². The molecule has 0 heterocycles. The second kappa shape index (κ2) is 18.0. The molecule has 232 valence electrons. The summed E-state index contributed by atoms with van der Waals surface area (Å²) in [5.74, 6) is 0. The van der Waals surface area contributed by atoms with E-state index in [2.05, 4.69) is 156 Å². The minimum atomic E-state index is -1.25. The molecule has 0 spiro atoms. The summed E-state index contributed by atoms with van der Waals surface area (Å²) in [6.45, 7) is 29.4. The molecule has 0 saturated heterocycles. The Bertz CT molecular complexity index is 1050. The molecule has 0 fully saturated rings. The maximum Gasteiger partial charge on any atom is 2.00 e. The summed E-state index contributed by atoms with van der Waals surface area (Å²) in [6, 6.07) is 29.0. The Morgan fingerprint density at radius 3 is 0.762 bits per heavy atom. The van der Waals surface area contributed by atoms with Crippen LogP contribution in [0.4, 0.5) is 0 Å². The standard InChI is InChI=1S/C36H54P3Si.CH3.Fe/c1-25(2)37(26(3)4)31-19-13-16-22-34(31)40(35-23-17-14-20-32(35)38(27(5)6)28(7)8)36-24-18-15-21-33(36)39(29(9)10)30(11)12;;/h13-30H,1-12H3;1H3;/q2*-1;+2. The van der Waals surface area contributed by atoms with Gasteiger partial charge in [0.1, 0.15) is 0 Å². The third-order valence-corrected chi connectivity index (χ3v) is 20.8. The maximum atomic E-state index is 2.53. The first-order valence-corrected chi connectivity index (χ1v) is 21.3. The van der Waals surface area contributed by atoms with Crippen LogP contribution in [0.2, 0.25) is 0 Å². The van der Waals surface area contributed by atoms with Crippen LogP contribution in [0.5, 0.6) is 0 Å². The van der Waals surface area contributed by atoms with Gasteiger partial charge in [-0.1, -0.05) is 196 Å². The Kier molecular flexibility index (Phi) is 17.0. The average Bonchev–Trinajstić information content (AvgIpc) is 2.86. The summed E-state index contributed by atoms with van der Waals surface area (Å²) in [7, 11) is -2.06. The number of rotatable bonds is 12. The Labute approximate surface area is 277 Å². The Balaban J connectivity index is 0.00000441. The molecule has 5 heteroatoms. The summed E-state index contributed by atoms with van der Waals surface area (Å²) in [6.07, 6.45) is 0. The molecule has 0 aliphatic rings. The predicted octanol–water partition coefficient (Wildman–Crippen LogP) is 8.42. The Morgan fingerprint density at radius 2 is 0.571 bits per heavy atom. The van der Waals surface area contributed by atoms with Crippen LogP contribution in [0.25, 0.3) is 0 Å². The molecule has 0 aromatic heterocycles. The van der Waals surface area contributed by atoms with Gasteiger partial charge in [0.2, 0.25) is 0 Å². The zero-order valence-electron chi connectivity index (χ0n) is 28.6. The van der Waals surface area contributed by atoms with Gasteiger partial charge in [-0.05, 0) is 34.0 Å². The normalized spacial score (nSPS) is 11.9. The third kappa shape index (κ3) is 9.12. The van der Waals surface area contributed by atoms with E-state index >= 15 is 0 Å². The zero-order valence-corrected chi connectivity index (χ0v) is 33.4. The van der Waals surface area contributed by atoms with Gasteiger partial charge in [-0.3, -0.25) is 0 Å². The molecular formula is C37H57FeP3Si. The molecule has 0 saturated carbocycles. The van der Waals surface area contributed by atoms with E-state index in [0.29, 0.717) is 34.0 Å². The number of hydrogen-bond acceptors (Lipinski definition) is 0. The van der Waals surface area contributed by atoms with E-state index in [9.17, 15) is 0 Å². The second-order valence-corrected chi connectivity index (χ2v) is 25.2. The SMILES string of the molecule is CC(C)P(c1ccccc1[Si-](c1ccccc1P(C(C)C)C(C)C)c1ccccc1P(C(C)C)C(C)C)C(C)C.[CH3-].[Fe+2]. The maximum absolute atomic E-state index is 2.53. The summed E-state index contributed by atoms with van der Waals surface area (Å²) in [4.78, 5) is 0. The van der Waals surface area contributed by atoms with Crippen LogP contribution < -0.4 is 31.5 Å². The molecule has 3 aromatic carbocycles. The van der Waals surface area contributed by atoms with Crippen LogP contribution >= 0.6 is 23.8 Å². The van der Waals surface area contributed by atoms with Gasteiger partial charge in [0.15, 0.2) is 0 Å². The van der Waals surface area contributed by atoms with Crippen molar-refractivity contribution in [2.75, 3.05) is 0 Å². The zero-order chi connectivity index (χ0) is 29.7. The molecular weight excluding hydrogens is 621 g/mol. The van der Waals surface area contributed by atoms with Crippen molar-refractivity contribution in [3.8, 4) is 0 Å². The van der Waals surface area contributed by atoms with E-state index in [-0.39, 0.29) is 48.3 Å². The molecule has 42 heavy (non-hydrogen) atoms. The fraction of sp³-hybridized carbons (Fsp3) is 0.486. The van der Waals surface area contributed by atoms with Crippen molar-refractivity contribution < 1.29 is 17.1 Å². The molecule has 0 radical (unpaired) electrons. The fourth-order valence-corrected chi connectivity index (χ4v) is 20.2. The molecule has 3 rings (SSSR count). The van der Waals surface area contributed by atoms with Crippen molar-refractivity contribution in [2.45, 2.75) is 117 Å². The van der Waals surface area contributed by atoms with E-state index in [0.717, 1.165) is 0 Å². The van der Waals surface area contributed by atoms with Gasteiger partial charge in [-0.15, -0.1) is 0 Å². The largest absolute Gasteiger partial charge is 2.00 e. The van der Waals surface area contributed by atoms with E-state index in [1.807, 2.05) is 0 Å². The van der Waals surface area contributed by atoms with Gasteiger partial charge in [0, 0.05) is 0 Å². The summed E-state index contributed by atoms with van der Waals surface area (Å²) in [5.41, 5.74) is 3.98. The topological polar surface area (TPSA) is 0 Å². The molecule has 0 bridgehead atoms. The van der Waals surface area contributed by atoms with Crippen molar-refractivity contribution in [3.05, 3.63) is 80.2 Å². The van der Waals surface area contributed by atoms with Crippen molar-refractivity contribution >= 4 is 64.0 Å². The summed E-state index contributed by atoms with van der Waals surface area (Å²) >= 11 is 0. The first-order valence-electron chi connectivity index (χ1n) is 15.4. The second-order valence-electron chi connectivity index (χ2n) is 12.7. The van der Waals surface area contributed by atoms with E-state index < -0.39 is 8.80 Å². The van der Waals surface area contributed by atoms with Gasteiger partial charge >= 0.3 is 17.1 Å². The first kappa shape index (κ1) is 39.7. The van der Waals surface area contributed by atoms with Crippen molar-refractivity contribution in [1.29, 1.82) is 0 Å². The molecule has 0 aliphatic carbocycles. The van der Waals surface area contributed by atoms with Crippen molar-refractivity contribution in [1.82, 2.24) is 0 Å². The molecule has 0 unspecified atom stereocenters. The van der Waals surface area contributed by atoms with Crippen LogP contribution in [0.15, 0.2) is 72.8 Å². The Morgan fingerprint density at radius 1 is 0.381 bits per heavy atom. The molecule has 0 amide bonds. The number of hydrogen-bond donors (Lipinski definition) is 0. The van der Waals surface area contributed by atoms with E-state index in [1.165, 1.54) is 0 Å². The Hall–Kier alpha value is -0.314. The molecule has 0 nitrogen and oxygen atoms in total. The summed E-state index contributed by atoms with van der Waals surface area (Å²) < 4.78 is 0. The monoisotopic (exact) mass is 678 g/mol. The van der Waals surface area contributed by atoms with Crippen LogP contribution in [0, 0.1) is 7.43 Å². The average molecular weight is 679 g/mol. The summed E-state index contributed by atoms with van der Waals surface area (Å²) in [5, 5.41) is 9.89. The van der Waals surface area contributed by atoms with Gasteiger partial charge in [-0.2, -0.15) is 15.6 Å². The first-order chi connectivity index (χ1) is 18.9. The fourth-order valence-electron chi connectivity index (χ4n) is 6.62. The third-order valence-electron chi connectivity index (χ3n) is 7.69. The molecule has 0 N–H and O–H groups in total. The van der Waals surface area contributed by atoms with E-state index in [1.54, 1.807) is 31.5 Å². The molecule has 3 aromatic rings. The van der Waals surface area contributed by atoms with Crippen LogP contribution in [-0.4, -0.2) is 42.8 Å². The number of benzene rings is 3. The predicted molar refractivity (Wildman–Crippen MR) is 201 cm³/mol. The van der Waals surface area contributed by atoms with Gasteiger partial charge in [-0.25, -0.2) is 8.80 Å². The molecule has 0 atom stereocenters. The van der Waals surface area contributed by atoms with Crippen LogP contribution in [0.3, 0.4) is 0 Å². The minimum Gasteiger partial charge on any atom is -0.358 e.